The van der Waals surface area contributed by atoms with Gasteiger partial charge in [-0.15, -0.1) is 0 Å². The van der Waals surface area contributed by atoms with Gasteiger partial charge in [0.1, 0.15) is 0 Å². The first kappa shape index (κ1) is 12.1. The number of thiol groups is 1. The molecular formula is C11H21S-. The predicted octanol–water partition coefficient (Wildman–Crippen LogP) is 3.74. The van der Waals surface area contributed by atoms with Gasteiger partial charge in [0.25, 0.3) is 0 Å². The number of rotatable bonds is 4. The van der Waals surface area contributed by atoms with Gasteiger partial charge in [-0.3, -0.25) is 6.58 Å². The minimum Gasteiger partial charge on any atom is -0.503 e. The highest BCUT2D eigenvalue weighted by atomic mass is 32.1. The highest BCUT2D eigenvalue weighted by molar-refractivity contribution is 7.81. The Morgan fingerprint density at radius 1 is 1.33 bits per heavy atom. The van der Waals surface area contributed by atoms with E-state index in [2.05, 4.69) is 59.9 Å². The maximum atomic E-state index is 4.52. The molecule has 0 aromatic heterocycles. The van der Waals surface area contributed by atoms with Gasteiger partial charge >= 0.3 is 0 Å². The quantitative estimate of drug-likeness (QED) is 0.500. The van der Waals surface area contributed by atoms with Crippen LogP contribution in [-0.2, 0) is 0 Å². The van der Waals surface area contributed by atoms with Crippen molar-refractivity contribution in [3.63, 3.8) is 0 Å². The van der Waals surface area contributed by atoms with E-state index in [1.165, 1.54) is 0 Å². The molecule has 0 nitrogen and oxygen atoms in total. The van der Waals surface area contributed by atoms with E-state index in [4.69, 9.17) is 0 Å². The van der Waals surface area contributed by atoms with Crippen molar-refractivity contribution in [1.29, 1.82) is 0 Å². The number of hydrogen-bond acceptors (Lipinski definition) is 1. The van der Waals surface area contributed by atoms with Gasteiger partial charge in [-0.05, 0) is 5.41 Å². The van der Waals surface area contributed by atoms with Crippen LogP contribution in [0.5, 0.6) is 0 Å². The van der Waals surface area contributed by atoms with E-state index in [0.717, 1.165) is 6.42 Å². The van der Waals surface area contributed by atoms with Gasteiger partial charge in [0, 0.05) is 5.25 Å². The second-order valence-electron chi connectivity index (χ2n) is 4.71. The van der Waals surface area contributed by atoms with Crippen molar-refractivity contribution >= 4 is 12.6 Å². The fraction of sp³-hybridized carbons (Fsp3) is 0.818. The molecule has 0 amide bonds. The Morgan fingerprint density at radius 3 is 2.00 bits per heavy atom. The lowest BCUT2D eigenvalue weighted by atomic mass is 9.64. The van der Waals surface area contributed by atoms with E-state index in [-0.39, 0.29) is 10.8 Å². The van der Waals surface area contributed by atoms with Crippen LogP contribution in [0, 0.1) is 16.9 Å². The van der Waals surface area contributed by atoms with E-state index in [0.29, 0.717) is 5.25 Å². The molecule has 0 bridgehead atoms. The molecule has 0 radical (unpaired) electrons. The Kier molecular flexibility index (Phi) is 3.89. The first-order chi connectivity index (χ1) is 5.25. The summed E-state index contributed by atoms with van der Waals surface area (Å²) in [6, 6.07) is 0. The third-order valence-electron chi connectivity index (χ3n) is 3.36. The summed E-state index contributed by atoms with van der Waals surface area (Å²) < 4.78 is 0. The lowest BCUT2D eigenvalue weighted by Crippen LogP contribution is -2.38. The second-order valence-corrected chi connectivity index (χ2v) is 5.48. The minimum atomic E-state index is 0.209. The van der Waals surface area contributed by atoms with E-state index in [1.54, 1.807) is 0 Å². The van der Waals surface area contributed by atoms with Crippen molar-refractivity contribution in [2.24, 2.45) is 10.8 Å². The number of allylic oxidation sites excluding steroid dienone is 1. The lowest BCUT2D eigenvalue weighted by molar-refractivity contribution is 0.113. The normalized spacial score (nSPS) is 15.8. The van der Waals surface area contributed by atoms with Crippen LogP contribution < -0.4 is 0 Å². The van der Waals surface area contributed by atoms with Crippen LogP contribution in [0.3, 0.4) is 0 Å². The average molecular weight is 185 g/mol. The van der Waals surface area contributed by atoms with Crippen molar-refractivity contribution in [1.82, 2.24) is 0 Å². The van der Waals surface area contributed by atoms with Gasteiger partial charge in [-0.2, -0.15) is 19.0 Å². The van der Waals surface area contributed by atoms with Gasteiger partial charge < -0.3 is 6.08 Å². The van der Waals surface area contributed by atoms with Crippen LogP contribution in [0.25, 0.3) is 0 Å². The minimum absolute atomic E-state index is 0.209. The molecule has 0 saturated heterocycles. The fourth-order valence-electron chi connectivity index (χ4n) is 1.11. The van der Waals surface area contributed by atoms with E-state index in [1.807, 2.05) is 0 Å². The molecule has 0 aliphatic rings. The van der Waals surface area contributed by atoms with Gasteiger partial charge in [0.15, 0.2) is 0 Å². The molecule has 0 fully saturated rings. The highest BCUT2D eigenvalue weighted by Gasteiger charge is 2.36. The third-order valence-corrected chi connectivity index (χ3v) is 4.00. The Morgan fingerprint density at radius 2 is 1.75 bits per heavy atom. The summed E-state index contributed by atoms with van der Waals surface area (Å²) in [6.07, 6.45) is 3.91. The van der Waals surface area contributed by atoms with Crippen LogP contribution in [0.15, 0.2) is 6.58 Å². The first-order valence-electron chi connectivity index (χ1n) is 4.43. The van der Waals surface area contributed by atoms with Crippen molar-refractivity contribution in [3.05, 3.63) is 12.7 Å². The molecule has 1 atom stereocenters. The molecule has 1 unspecified atom stereocenters. The molecule has 0 rings (SSSR count). The monoisotopic (exact) mass is 185 g/mol. The standard InChI is InChI=1S/C11H21S/c1-7-8-10(3,4)11(5,6)9(2)12/h9,12H,1,8H2,2-6H3/q-1. The molecule has 1 heteroatoms. The Balaban J connectivity index is 4.61. The zero-order valence-electron chi connectivity index (χ0n) is 8.94. The summed E-state index contributed by atoms with van der Waals surface area (Å²) in [5.74, 6) is 0. The maximum absolute atomic E-state index is 4.52. The zero-order chi connectivity index (χ0) is 9.99. The van der Waals surface area contributed by atoms with Crippen molar-refractivity contribution in [3.8, 4) is 0 Å². The van der Waals surface area contributed by atoms with Gasteiger partial charge in [-0.1, -0.05) is 40.0 Å². The second kappa shape index (κ2) is 3.87. The SMILES string of the molecule is C=[C-]CC(C)(C)C(C)(C)C(C)S. The molecule has 72 valence electrons. The summed E-state index contributed by atoms with van der Waals surface area (Å²) in [6.45, 7) is 14.8. The summed E-state index contributed by atoms with van der Waals surface area (Å²) in [5, 5.41) is 0.390. The molecule has 0 aromatic rings. The van der Waals surface area contributed by atoms with Crippen LogP contribution >= 0.6 is 12.6 Å². The molecule has 0 N–H and O–H groups in total. The van der Waals surface area contributed by atoms with Crippen LogP contribution in [0.2, 0.25) is 0 Å². The third kappa shape index (κ3) is 2.29. The van der Waals surface area contributed by atoms with Gasteiger partial charge in [-0.25, -0.2) is 0 Å². The molecule has 0 aliphatic carbocycles. The van der Waals surface area contributed by atoms with E-state index < -0.39 is 0 Å². The average Bonchev–Trinajstić information content (AvgIpc) is 1.86. The van der Waals surface area contributed by atoms with Crippen molar-refractivity contribution < 1.29 is 0 Å². The summed E-state index contributed by atoms with van der Waals surface area (Å²) in [7, 11) is 0. The van der Waals surface area contributed by atoms with Crippen molar-refractivity contribution in [2.75, 3.05) is 0 Å². The highest BCUT2D eigenvalue weighted by Crippen LogP contribution is 2.45. The van der Waals surface area contributed by atoms with E-state index >= 15 is 0 Å². The van der Waals surface area contributed by atoms with Gasteiger partial charge in [0.2, 0.25) is 0 Å². The van der Waals surface area contributed by atoms with Gasteiger partial charge in [0.05, 0.1) is 0 Å². The topological polar surface area (TPSA) is 0 Å². The predicted molar refractivity (Wildman–Crippen MR) is 59.5 cm³/mol. The summed E-state index contributed by atoms with van der Waals surface area (Å²) >= 11 is 4.52. The molecule has 0 spiro atoms. The molecule has 0 heterocycles. The molecular weight excluding hydrogens is 164 g/mol. The lowest BCUT2D eigenvalue weighted by Gasteiger charge is -2.47. The zero-order valence-corrected chi connectivity index (χ0v) is 9.83. The summed E-state index contributed by atoms with van der Waals surface area (Å²) in [4.78, 5) is 0. The van der Waals surface area contributed by atoms with E-state index in [9.17, 15) is 0 Å². The molecule has 0 aliphatic heterocycles. The number of hydrogen-bond donors (Lipinski definition) is 1. The molecule has 12 heavy (non-hydrogen) atoms. The maximum Gasteiger partial charge on any atom is 0.00438 e. The molecule has 0 aromatic carbocycles. The Labute approximate surface area is 82.9 Å². The van der Waals surface area contributed by atoms with Crippen LogP contribution in [0.4, 0.5) is 0 Å². The summed E-state index contributed by atoms with van der Waals surface area (Å²) in [5.41, 5.74) is 0.427. The van der Waals surface area contributed by atoms with Crippen LogP contribution in [-0.4, -0.2) is 5.25 Å². The van der Waals surface area contributed by atoms with Crippen LogP contribution in [0.1, 0.15) is 41.0 Å². The fourth-order valence-corrected chi connectivity index (χ4v) is 1.46. The molecule has 0 saturated carbocycles. The van der Waals surface area contributed by atoms with Crippen molar-refractivity contribution in [2.45, 2.75) is 46.3 Å². The largest absolute Gasteiger partial charge is 0.503 e. The smallest absolute Gasteiger partial charge is 0.00438 e. The Bertz CT molecular complexity index is 154. The Hall–Kier alpha value is 0.0900. The first-order valence-corrected chi connectivity index (χ1v) is 4.95.